The van der Waals surface area contributed by atoms with Crippen LogP contribution in [0.1, 0.15) is 233 Å². The molecule has 2 atom stereocenters. The van der Waals surface area contributed by atoms with Gasteiger partial charge in [-0.25, -0.2) is 0 Å². The van der Waals surface area contributed by atoms with Crippen molar-refractivity contribution in [3.8, 4) is 0 Å². The summed E-state index contributed by atoms with van der Waals surface area (Å²) in [6, 6.07) is -0.828. The van der Waals surface area contributed by atoms with E-state index in [1.54, 1.807) is 0 Å². The molecule has 0 bridgehead atoms. The number of amides is 2. The zero-order valence-corrected chi connectivity index (χ0v) is 35.9. The van der Waals surface area contributed by atoms with Crippen molar-refractivity contribution < 1.29 is 24.2 Å². The Morgan fingerprint density at radius 1 is 0.537 bits per heavy atom. The lowest BCUT2D eigenvalue weighted by Crippen LogP contribution is -2.61. The number of esters is 1. The summed E-state index contributed by atoms with van der Waals surface area (Å²) in [5.41, 5.74) is 0. The van der Waals surface area contributed by atoms with E-state index in [0.717, 1.165) is 90.1 Å². The molecular formula is C46H89N3O5. The first-order valence-electron chi connectivity index (χ1n) is 23.6. The number of carbonyl (C=O) groups excluding carboxylic acids is 3. The number of hydrogen-bond acceptors (Lipinski definition) is 6. The lowest BCUT2D eigenvalue weighted by molar-refractivity contribution is -0.150. The molecule has 0 spiro atoms. The van der Waals surface area contributed by atoms with Gasteiger partial charge in [-0.3, -0.25) is 14.4 Å². The molecular weight excluding hydrogens is 675 g/mol. The standard InChI is InChI=1S/C46H89N3O5/c1-4-7-10-13-16-17-18-22-27-34-42-45(52)48-43(46(53)47-42)35-29-31-38-49(39-40-50)37-30-24-19-23-28-36-44(51)54-41(32-25-20-14-11-8-5-2)33-26-21-15-12-9-6-3/h41-43,50H,4-40H2,1-3H3,(H,47,53)(H,48,52). The van der Waals surface area contributed by atoms with Crippen LogP contribution < -0.4 is 10.6 Å². The summed E-state index contributed by atoms with van der Waals surface area (Å²) in [6.45, 7) is 9.38. The fraction of sp³-hybridized carbons (Fsp3) is 0.935. The average molecular weight is 764 g/mol. The number of rotatable bonds is 40. The minimum atomic E-state index is -0.438. The molecule has 1 rings (SSSR count). The Morgan fingerprint density at radius 2 is 0.907 bits per heavy atom. The number of unbranched alkanes of at least 4 members (excludes halogenated alkanes) is 23. The molecule has 2 amide bonds. The molecule has 1 aliphatic rings. The van der Waals surface area contributed by atoms with Gasteiger partial charge in [0.05, 0.1) is 6.61 Å². The second kappa shape index (κ2) is 36.9. The third-order valence-corrected chi connectivity index (χ3v) is 11.4. The highest BCUT2D eigenvalue weighted by Gasteiger charge is 2.32. The lowest BCUT2D eigenvalue weighted by Gasteiger charge is -2.30. The summed E-state index contributed by atoms with van der Waals surface area (Å²) < 4.78 is 6.02. The van der Waals surface area contributed by atoms with Gasteiger partial charge in [-0.2, -0.15) is 0 Å². The van der Waals surface area contributed by atoms with Crippen LogP contribution in [-0.2, 0) is 19.1 Å². The first-order valence-corrected chi connectivity index (χ1v) is 23.6. The van der Waals surface area contributed by atoms with Crippen LogP contribution in [-0.4, -0.2) is 72.2 Å². The number of aliphatic hydroxyl groups excluding tert-OH is 1. The molecule has 0 saturated carbocycles. The Bertz CT molecular complexity index is 870. The largest absolute Gasteiger partial charge is 0.462 e. The number of carbonyl (C=O) groups is 3. The highest BCUT2D eigenvalue weighted by atomic mass is 16.5. The smallest absolute Gasteiger partial charge is 0.306 e. The number of ether oxygens (including phenoxy) is 1. The van der Waals surface area contributed by atoms with Crippen LogP contribution in [0.25, 0.3) is 0 Å². The molecule has 8 nitrogen and oxygen atoms in total. The van der Waals surface area contributed by atoms with Gasteiger partial charge in [-0.05, 0) is 77.3 Å². The van der Waals surface area contributed by atoms with Gasteiger partial charge in [0.15, 0.2) is 0 Å². The van der Waals surface area contributed by atoms with Crippen LogP contribution in [0.5, 0.6) is 0 Å². The maximum Gasteiger partial charge on any atom is 0.306 e. The molecule has 1 heterocycles. The molecule has 318 valence electrons. The zero-order valence-electron chi connectivity index (χ0n) is 35.9. The van der Waals surface area contributed by atoms with Crippen molar-refractivity contribution in [2.75, 3.05) is 26.2 Å². The molecule has 0 radical (unpaired) electrons. The van der Waals surface area contributed by atoms with Crippen LogP contribution in [0.15, 0.2) is 0 Å². The van der Waals surface area contributed by atoms with Crippen LogP contribution >= 0.6 is 0 Å². The summed E-state index contributed by atoms with van der Waals surface area (Å²) in [5.74, 6) is -0.0865. The quantitative estimate of drug-likeness (QED) is 0.0424. The molecule has 0 aromatic carbocycles. The Balaban J connectivity index is 2.19. The second-order valence-corrected chi connectivity index (χ2v) is 16.5. The van der Waals surface area contributed by atoms with Gasteiger partial charge in [-0.15, -0.1) is 0 Å². The predicted octanol–water partition coefficient (Wildman–Crippen LogP) is 11.1. The van der Waals surface area contributed by atoms with E-state index >= 15 is 0 Å². The van der Waals surface area contributed by atoms with E-state index < -0.39 is 6.04 Å². The average Bonchev–Trinajstić information content (AvgIpc) is 3.16. The molecule has 0 aliphatic carbocycles. The predicted molar refractivity (Wildman–Crippen MR) is 227 cm³/mol. The van der Waals surface area contributed by atoms with E-state index in [1.807, 2.05) is 0 Å². The van der Waals surface area contributed by atoms with Gasteiger partial charge in [0.2, 0.25) is 11.8 Å². The summed E-state index contributed by atoms with van der Waals surface area (Å²) >= 11 is 0. The van der Waals surface area contributed by atoms with Gasteiger partial charge in [0, 0.05) is 13.0 Å². The Morgan fingerprint density at radius 3 is 1.37 bits per heavy atom. The highest BCUT2D eigenvalue weighted by molar-refractivity contribution is 5.96. The monoisotopic (exact) mass is 764 g/mol. The molecule has 0 aromatic rings. The number of piperazine rings is 1. The van der Waals surface area contributed by atoms with E-state index in [9.17, 15) is 19.5 Å². The van der Waals surface area contributed by atoms with Crippen molar-refractivity contribution in [1.82, 2.24) is 15.5 Å². The highest BCUT2D eigenvalue weighted by Crippen LogP contribution is 2.19. The van der Waals surface area contributed by atoms with E-state index in [0.29, 0.717) is 19.4 Å². The summed E-state index contributed by atoms with van der Waals surface area (Å²) in [6.07, 6.45) is 37.5. The van der Waals surface area contributed by atoms with Crippen molar-refractivity contribution in [3.63, 3.8) is 0 Å². The van der Waals surface area contributed by atoms with Crippen LogP contribution in [0, 0.1) is 0 Å². The van der Waals surface area contributed by atoms with Crippen LogP contribution in [0.4, 0.5) is 0 Å². The van der Waals surface area contributed by atoms with Crippen LogP contribution in [0.2, 0.25) is 0 Å². The fourth-order valence-corrected chi connectivity index (χ4v) is 7.85. The van der Waals surface area contributed by atoms with E-state index in [-0.39, 0.29) is 36.5 Å². The van der Waals surface area contributed by atoms with Crippen LogP contribution in [0.3, 0.4) is 0 Å². The first kappa shape index (κ1) is 50.3. The molecule has 54 heavy (non-hydrogen) atoms. The summed E-state index contributed by atoms with van der Waals surface area (Å²) in [5, 5.41) is 15.6. The van der Waals surface area contributed by atoms with Crippen molar-refractivity contribution in [1.29, 1.82) is 0 Å². The summed E-state index contributed by atoms with van der Waals surface area (Å²) in [4.78, 5) is 40.5. The van der Waals surface area contributed by atoms with Gasteiger partial charge in [0.25, 0.3) is 0 Å². The fourth-order valence-electron chi connectivity index (χ4n) is 7.85. The van der Waals surface area contributed by atoms with Gasteiger partial charge in [0.1, 0.15) is 18.2 Å². The van der Waals surface area contributed by atoms with E-state index in [1.165, 1.54) is 122 Å². The Labute approximate surface area is 333 Å². The van der Waals surface area contributed by atoms with E-state index in [2.05, 4.69) is 36.3 Å². The van der Waals surface area contributed by atoms with E-state index in [4.69, 9.17) is 4.74 Å². The molecule has 2 unspecified atom stereocenters. The first-order chi connectivity index (χ1) is 26.4. The molecule has 8 heteroatoms. The van der Waals surface area contributed by atoms with Gasteiger partial charge in [-0.1, -0.05) is 162 Å². The van der Waals surface area contributed by atoms with Crippen molar-refractivity contribution in [2.45, 2.75) is 251 Å². The zero-order chi connectivity index (χ0) is 39.3. The third-order valence-electron chi connectivity index (χ3n) is 11.4. The Kier molecular flexibility index (Phi) is 34.4. The summed E-state index contributed by atoms with van der Waals surface area (Å²) in [7, 11) is 0. The number of hydrogen-bond donors (Lipinski definition) is 3. The van der Waals surface area contributed by atoms with Crippen molar-refractivity contribution >= 4 is 17.8 Å². The number of nitrogens with zero attached hydrogens (tertiary/aromatic N) is 1. The van der Waals surface area contributed by atoms with Crippen molar-refractivity contribution in [2.24, 2.45) is 0 Å². The number of nitrogens with one attached hydrogen (secondary N) is 2. The second-order valence-electron chi connectivity index (χ2n) is 16.5. The maximum atomic E-state index is 12.7. The SMILES string of the molecule is CCCCCCCCCCCC1NC(=O)C(CCCCN(CCO)CCCCCCCC(=O)OC(CCCCCCCC)CCCCCCCC)NC1=O. The molecule has 1 aliphatic heterocycles. The topological polar surface area (TPSA) is 108 Å². The van der Waals surface area contributed by atoms with Gasteiger partial charge < -0.3 is 25.4 Å². The normalized spacial score (nSPS) is 16.0. The maximum absolute atomic E-state index is 12.7. The Hall–Kier alpha value is -1.67. The number of aliphatic hydroxyl groups is 1. The minimum Gasteiger partial charge on any atom is -0.462 e. The lowest BCUT2D eigenvalue weighted by atomic mass is 10.00. The minimum absolute atomic E-state index is 0.00902. The van der Waals surface area contributed by atoms with Crippen molar-refractivity contribution in [3.05, 3.63) is 0 Å². The molecule has 0 aromatic heterocycles. The van der Waals surface area contributed by atoms with Gasteiger partial charge >= 0.3 is 5.97 Å². The third kappa shape index (κ3) is 28.7. The molecule has 1 saturated heterocycles. The molecule has 3 N–H and O–H groups in total. The molecule has 1 fully saturated rings.